The fraction of sp³-hybridized carbons (Fsp3) is 0.286. The van der Waals surface area contributed by atoms with Crippen molar-refractivity contribution in [2.24, 2.45) is 4.99 Å². The molecule has 2 rings (SSSR count). The van der Waals surface area contributed by atoms with Crippen molar-refractivity contribution < 1.29 is 24.2 Å². The van der Waals surface area contributed by atoms with Crippen molar-refractivity contribution in [2.75, 3.05) is 13.2 Å². The first kappa shape index (κ1) is 24.9. The van der Waals surface area contributed by atoms with E-state index in [2.05, 4.69) is 56.8 Å². The molecular formula is C21H21I2NO5S. The van der Waals surface area contributed by atoms with Crippen LogP contribution in [-0.2, 0) is 14.3 Å². The molecule has 1 N–H and O–H groups in total. The summed E-state index contributed by atoms with van der Waals surface area (Å²) in [6.07, 6.45) is 4.33. The molecule has 0 aromatic heterocycles. The molecule has 0 spiro atoms. The monoisotopic (exact) mass is 653 g/mol. The van der Waals surface area contributed by atoms with E-state index in [-0.39, 0.29) is 35.3 Å². The van der Waals surface area contributed by atoms with E-state index >= 15 is 0 Å². The summed E-state index contributed by atoms with van der Waals surface area (Å²) in [7, 11) is 0. The minimum atomic E-state index is -0.703. The lowest BCUT2D eigenvalue weighted by Gasteiger charge is -2.10. The topological polar surface area (TPSA) is 85.2 Å². The number of nitrogens with zero attached hydrogens (tertiary/aromatic N) is 1. The van der Waals surface area contributed by atoms with Crippen molar-refractivity contribution in [3.63, 3.8) is 0 Å². The normalized spacial score (nSPS) is 16.3. The van der Waals surface area contributed by atoms with Crippen LogP contribution in [0.3, 0.4) is 0 Å². The van der Waals surface area contributed by atoms with Gasteiger partial charge < -0.3 is 14.6 Å². The number of aliphatic hydroxyl groups excluding tert-OH is 1. The Morgan fingerprint density at radius 1 is 1.27 bits per heavy atom. The van der Waals surface area contributed by atoms with Gasteiger partial charge in [-0.3, -0.25) is 4.79 Å². The van der Waals surface area contributed by atoms with Crippen LogP contribution in [0.4, 0.5) is 0 Å². The predicted octanol–water partition coefficient (Wildman–Crippen LogP) is 5.65. The Kier molecular flexibility index (Phi) is 9.88. The van der Waals surface area contributed by atoms with Crippen LogP contribution in [0.1, 0.15) is 32.3 Å². The molecule has 0 bridgehead atoms. The van der Waals surface area contributed by atoms with Crippen molar-refractivity contribution in [3.05, 3.63) is 53.7 Å². The molecule has 0 unspecified atom stereocenters. The second-order valence-electron chi connectivity index (χ2n) is 6.03. The lowest BCUT2D eigenvalue weighted by atomic mass is 10.1. The largest absolute Gasteiger partial charge is 0.506 e. The summed E-state index contributed by atoms with van der Waals surface area (Å²) in [4.78, 5) is 28.8. The van der Waals surface area contributed by atoms with Gasteiger partial charge in [-0.05, 0) is 82.3 Å². The van der Waals surface area contributed by atoms with Crippen LogP contribution in [-0.4, -0.2) is 35.2 Å². The number of thioether (sulfide) groups is 1. The minimum absolute atomic E-state index is 0.0760. The molecule has 0 saturated heterocycles. The third kappa shape index (κ3) is 6.33. The molecule has 1 aliphatic heterocycles. The number of amides is 1. The molecule has 1 aliphatic rings. The number of halogens is 2. The molecule has 30 heavy (non-hydrogen) atoms. The zero-order valence-electron chi connectivity index (χ0n) is 16.5. The summed E-state index contributed by atoms with van der Waals surface area (Å²) < 4.78 is 12.5. The smallest absolute Gasteiger partial charge is 0.344 e. The number of carbonyl (C=O) groups is 2. The molecule has 0 fully saturated rings. The van der Waals surface area contributed by atoms with Gasteiger partial charge >= 0.3 is 5.97 Å². The molecule has 1 aromatic rings. The fourth-order valence-electron chi connectivity index (χ4n) is 2.47. The fourth-order valence-corrected chi connectivity index (χ4v) is 5.63. The van der Waals surface area contributed by atoms with Crippen LogP contribution in [0.25, 0.3) is 6.08 Å². The Hall–Kier alpha value is -1.34. The number of hydrogen-bond donors (Lipinski definition) is 1. The average Bonchev–Trinajstić information content (AvgIpc) is 2.96. The summed E-state index contributed by atoms with van der Waals surface area (Å²) >= 11 is 5.44. The van der Waals surface area contributed by atoms with Gasteiger partial charge in [0.05, 0.1) is 18.7 Å². The molecule has 6 nitrogen and oxygen atoms in total. The maximum absolute atomic E-state index is 12.4. The molecule has 1 heterocycles. The van der Waals surface area contributed by atoms with E-state index in [0.717, 1.165) is 30.2 Å². The molecule has 1 aromatic carbocycles. The molecule has 0 saturated carbocycles. The van der Waals surface area contributed by atoms with Crippen LogP contribution in [0.5, 0.6) is 5.75 Å². The molecule has 9 heteroatoms. The molecule has 0 atom stereocenters. The van der Waals surface area contributed by atoms with Crippen molar-refractivity contribution >= 4 is 79.9 Å². The molecule has 0 aliphatic carbocycles. The van der Waals surface area contributed by atoms with E-state index in [1.807, 2.05) is 19.1 Å². The van der Waals surface area contributed by atoms with Gasteiger partial charge in [-0.2, -0.15) is 0 Å². The number of carbonyl (C=O) groups excluding carboxylic acids is 2. The van der Waals surface area contributed by atoms with Crippen molar-refractivity contribution in [1.29, 1.82) is 0 Å². The van der Waals surface area contributed by atoms with Crippen LogP contribution < -0.4 is 4.74 Å². The summed E-state index contributed by atoms with van der Waals surface area (Å²) in [5.41, 5.74) is 0.737. The number of aliphatic hydroxyl groups is 1. The van der Waals surface area contributed by atoms with Gasteiger partial charge in [0, 0.05) is 6.42 Å². The van der Waals surface area contributed by atoms with Gasteiger partial charge in [-0.15, -0.1) is 0 Å². The number of rotatable bonds is 8. The van der Waals surface area contributed by atoms with Crippen LogP contribution >= 0.6 is 56.9 Å². The highest BCUT2D eigenvalue weighted by Gasteiger charge is 2.33. The Labute approximate surface area is 207 Å². The van der Waals surface area contributed by atoms with Crippen molar-refractivity contribution in [1.82, 2.24) is 0 Å². The first-order valence-corrected chi connectivity index (χ1v) is 12.1. The van der Waals surface area contributed by atoms with Gasteiger partial charge in [0.25, 0.3) is 0 Å². The SMILES string of the molecule is C=CCOc1c(I)cc(/C=C2\SC(=NC(=O)CCC)C(C(=O)OCC)=C2O)cc1I. The van der Waals surface area contributed by atoms with Gasteiger partial charge in [0.15, 0.2) is 0 Å². The Bertz CT molecular complexity index is 930. The minimum Gasteiger partial charge on any atom is -0.506 e. The van der Waals surface area contributed by atoms with Gasteiger partial charge in [0.1, 0.15) is 28.7 Å². The van der Waals surface area contributed by atoms with E-state index in [4.69, 9.17) is 9.47 Å². The predicted molar refractivity (Wildman–Crippen MR) is 137 cm³/mol. The van der Waals surface area contributed by atoms with Crippen molar-refractivity contribution in [2.45, 2.75) is 26.7 Å². The zero-order valence-corrected chi connectivity index (χ0v) is 21.7. The van der Waals surface area contributed by atoms with Crippen LogP contribution in [0.2, 0.25) is 0 Å². The number of hydrogen-bond acceptors (Lipinski definition) is 6. The quantitative estimate of drug-likeness (QED) is 0.222. The summed E-state index contributed by atoms with van der Waals surface area (Å²) in [6, 6.07) is 3.81. The third-order valence-corrected chi connectivity index (χ3v) is 6.35. The average molecular weight is 653 g/mol. The molecule has 0 radical (unpaired) electrons. The second kappa shape index (κ2) is 11.9. The van der Waals surface area contributed by atoms with E-state index in [1.54, 1.807) is 19.1 Å². The first-order valence-electron chi connectivity index (χ1n) is 9.17. The van der Waals surface area contributed by atoms with E-state index in [0.29, 0.717) is 17.9 Å². The van der Waals surface area contributed by atoms with Crippen LogP contribution in [0, 0.1) is 7.14 Å². The summed E-state index contributed by atoms with van der Waals surface area (Å²) in [5.74, 6) is -0.523. The number of ether oxygens (including phenoxy) is 2. The lowest BCUT2D eigenvalue weighted by molar-refractivity contribution is -0.138. The van der Waals surface area contributed by atoms with Gasteiger partial charge in [-0.1, -0.05) is 31.3 Å². The third-order valence-electron chi connectivity index (χ3n) is 3.72. The second-order valence-corrected chi connectivity index (χ2v) is 9.38. The first-order chi connectivity index (χ1) is 14.3. The molecule has 160 valence electrons. The zero-order chi connectivity index (χ0) is 22.3. The Morgan fingerprint density at radius 3 is 2.50 bits per heavy atom. The number of esters is 1. The molecule has 1 amide bonds. The number of benzene rings is 1. The number of aliphatic imine (C=N–C) groups is 1. The van der Waals surface area contributed by atoms with Crippen LogP contribution in [0.15, 0.2) is 46.0 Å². The highest BCUT2D eigenvalue weighted by Crippen LogP contribution is 2.40. The van der Waals surface area contributed by atoms with E-state index in [9.17, 15) is 14.7 Å². The summed E-state index contributed by atoms with van der Waals surface area (Å²) in [5, 5.41) is 10.8. The van der Waals surface area contributed by atoms with E-state index in [1.165, 1.54) is 0 Å². The Morgan fingerprint density at radius 2 is 1.93 bits per heavy atom. The highest BCUT2D eigenvalue weighted by molar-refractivity contribution is 14.1. The lowest BCUT2D eigenvalue weighted by Crippen LogP contribution is -2.14. The Balaban J connectivity index is 2.46. The van der Waals surface area contributed by atoms with E-state index < -0.39 is 5.97 Å². The maximum Gasteiger partial charge on any atom is 0.344 e. The standard InChI is InChI=1S/C21H21I2NO5S/c1-4-7-16(25)24-20-17(21(27)28-6-3)18(26)15(30-20)11-12-9-13(22)19(14(23)10-12)29-8-5-2/h5,9-11,26H,2,4,6-8H2,1,3H3/b15-11-,24-20?. The molecular weight excluding hydrogens is 632 g/mol. The van der Waals surface area contributed by atoms with Gasteiger partial charge in [-0.25, -0.2) is 9.79 Å². The van der Waals surface area contributed by atoms with Crippen molar-refractivity contribution in [3.8, 4) is 5.75 Å². The summed E-state index contributed by atoms with van der Waals surface area (Å²) in [6.45, 7) is 7.75. The maximum atomic E-state index is 12.4. The highest BCUT2D eigenvalue weighted by atomic mass is 127. The van der Waals surface area contributed by atoms with Gasteiger partial charge in [0.2, 0.25) is 5.91 Å².